The molecule has 82 valence electrons. The van der Waals surface area contributed by atoms with Crippen molar-refractivity contribution in [3.8, 4) is 5.75 Å². The zero-order valence-electron chi connectivity index (χ0n) is 8.42. The van der Waals surface area contributed by atoms with Crippen LogP contribution in [-0.4, -0.2) is 11.0 Å². The Kier molecular flexibility index (Phi) is 2.63. The predicted molar refractivity (Wildman–Crippen MR) is 54.3 cm³/mol. The van der Waals surface area contributed by atoms with Crippen molar-refractivity contribution in [1.29, 1.82) is 0 Å². The molecule has 0 heterocycles. The number of phenols is 1. The molecule has 0 bridgehead atoms. The number of rotatable bonds is 1. The van der Waals surface area contributed by atoms with Gasteiger partial charge in [-0.05, 0) is 36.5 Å². The van der Waals surface area contributed by atoms with Crippen LogP contribution in [0.2, 0.25) is 0 Å². The van der Waals surface area contributed by atoms with Crippen LogP contribution in [0.4, 0.5) is 8.78 Å². The molecule has 0 radical (unpaired) electrons. The monoisotopic (exact) mass is 212 g/mol. The molecular weight excluding hydrogens is 198 g/mol. The highest BCUT2D eigenvalue weighted by molar-refractivity contribution is 5.28. The number of hydrogen-bond acceptors (Lipinski definition) is 1. The van der Waals surface area contributed by atoms with Crippen molar-refractivity contribution in [2.45, 2.75) is 37.5 Å². The maximum absolute atomic E-state index is 13.2. The highest BCUT2D eigenvalue weighted by atomic mass is 19.3. The van der Waals surface area contributed by atoms with E-state index in [1.165, 1.54) is 0 Å². The third-order valence-electron chi connectivity index (χ3n) is 3.00. The number of aromatic hydroxyl groups is 1. The summed E-state index contributed by atoms with van der Waals surface area (Å²) in [5, 5.41) is 9.11. The molecule has 3 heteroatoms. The molecule has 1 unspecified atom stereocenters. The van der Waals surface area contributed by atoms with E-state index in [0.717, 1.165) is 12.0 Å². The molecule has 1 saturated carbocycles. The molecule has 0 aromatic heterocycles. The fraction of sp³-hybridized carbons (Fsp3) is 0.500. The van der Waals surface area contributed by atoms with Gasteiger partial charge in [0.05, 0.1) is 0 Å². The lowest BCUT2D eigenvalue weighted by molar-refractivity contribution is -0.0408. The second-order valence-corrected chi connectivity index (χ2v) is 4.24. The molecular formula is C12H14F2O. The quantitative estimate of drug-likeness (QED) is 0.752. The molecule has 1 nitrogen and oxygen atoms in total. The maximum atomic E-state index is 13.2. The first kappa shape index (κ1) is 10.4. The van der Waals surface area contributed by atoms with Gasteiger partial charge in [-0.2, -0.15) is 0 Å². The lowest BCUT2D eigenvalue weighted by atomic mass is 9.82. The van der Waals surface area contributed by atoms with Gasteiger partial charge >= 0.3 is 0 Å². The minimum absolute atomic E-state index is 0.0155. The van der Waals surface area contributed by atoms with E-state index in [2.05, 4.69) is 0 Å². The summed E-state index contributed by atoms with van der Waals surface area (Å²) in [5.41, 5.74) is 0.909. The standard InChI is InChI=1S/C12H14F2O/c13-12(14)7-1-2-10(8-12)9-3-5-11(15)6-4-9/h3-6,10,15H,1-2,7-8H2. The van der Waals surface area contributed by atoms with Crippen molar-refractivity contribution in [1.82, 2.24) is 0 Å². The Morgan fingerprint density at radius 2 is 1.87 bits per heavy atom. The van der Waals surface area contributed by atoms with E-state index in [0.29, 0.717) is 6.42 Å². The zero-order chi connectivity index (χ0) is 10.9. The lowest BCUT2D eigenvalue weighted by Crippen LogP contribution is -2.24. The minimum atomic E-state index is -2.51. The van der Waals surface area contributed by atoms with Crippen LogP contribution in [0, 0.1) is 0 Å². The Labute approximate surface area is 87.7 Å². The summed E-state index contributed by atoms with van der Waals surface area (Å²) >= 11 is 0. The molecule has 1 N–H and O–H groups in total. The number of benzene rings is 1. The molecule has 1 aliphatic carbocycles. The molecule has 0 saturated heterocycles. The summed E-state index contributed by atoms with van der Waals surface area (Å²) < 4.78 is 26.3. The number of phenolic OH excluding ortho intramolecular Hbond substituents is 1. The average Bonchev–Trinajstić information content (AvgIpc) is 2.17. The number of hydrogen-bond donors (Lipinski definition) is 1. The van der Waals surface area contributed by atoms with Crippen LogP contribution in [0.1, 0.15) is 37.2 Å². The van der Waals surface area contributed by atoms with Crippen molar-refractivity contribution < 1.29 is 13.9 Å². The van der Waals surface area contributed by atoms with E-state index >= 15 is 0 Å². The summed E-state index contributed by atoms with van der Waals surface area (Å²) in [4.78, 5) is 0. The van der Waals surface area contributed by atoms with E-state index in [1.807, 2.05) is 0 Å². The Hall–Kier alpha value is -1.12. The zero-order valence-corrected chi connectivity index (χ0v) is 8.42. The summed E-state index contributed by atoms with van der Waals surface area (Å²) in [6.07, 6.45) is 1.36. The van der Waals surface area contributed by atoms with Crippen molar-refractivity contribution in [2.24, 2.45) is 0 Å². The Morgan fingerprint density at radius 1 is 1.20 bits per heavy atom. The van der Waals surface area contributed by atoms with Gasteiger partial charge in [0.2, 0.25) is 5.92 Å². The maximum Gasteiger partial charge on any atom is 0.248 e. The van der Waals surface area contributed by atoms with Gasteiger partial charge in [0, 0.05) is 12.8 Å². The van der Waals surface area contributed by atoms with Gasteiger partial charge in [-0.1, -0.05) is 12.1 Å². The first-order chi connectivity index (χ1) is 7.07. The molecule has 1 aliphatic rings. The van der Waals surface area contributed by atoms with Crippen LogP contribution < -0.4 is 0 Å². The third kappa shape index (κ3) is 2.46. The van der Waals surface area contributed by atoms with Gasteiger partial charge in [0.15, 0.2) is 0 Å². The van der Waals surface area contributed by atoms with Crippen molar-refractivity contribution in [2.75, 3.05) is 0 Å². The number of alkyl halides is 2. The molecule has 0 aliphatic heterocycles. The van der Waals surface area contributed by atoms with Crippen LogP contribution in [-0.2, 0) is 0 Å². The minimum Gasteiger partial charge on any atom is -0.508 e. The van der Waals surface area contributed by atoms with E-state index in [9.17, 15) is 8.78 Å². The first-order valence-corrected chi connectivity index (χ1v) is 5.24. The largest absolute Gasteiger partial charge is 0.508 e. The van der Waals surface area contributed by atoms with Crippen molar-refractivity contribution in [3.05, 3.63) is 29.8 Å². The van der Waals surface area contributed by atoms with E-state index in [-0.39, 0.29) is 24.5 Å². The molecule has 0 spiro atoms. The van der Waals surface area contributed by atoms with Gasteiger partial charge in [-0.3, -0.25) is 0 Å². The average molecular weight is 212 g/mol. The molecule has 1 atom stereocenters. The second-order valence-electron chi connectivity index (χ2n) is 4.24. The predicted octanol–water partition coefficient (Wildman–Crippen LogP) is 3.69. The Balaban J connectivity index is 2.13. The summed E-state index contributed by atoms with van der Waals surface area (Å²) in [5.74, 6) is -2.39. The lowest BCUT2D eigenvalue weighted by Gasteiger charge is -2.29. The van der Waals surface area contributed by atoms with Gasteiger partial charge in [-0.25, -0.2) is 8.78 Å². The van der Waals surface area contributed by atoms with Crippen LogP contribution in [0.3, 0.4) is 0 Å². The summed E-state index contributed by atoms with van der Waals surface area (Å²) in [6.45, 7) is 0. The first-order valence-electron chi connectivity index (χ1n) is 5.24. The van der Waals surface area contributed by atoms with E-state index in [1.54, 1.807) is 24.3 Å². The fourth-order valence-corrected chi connectivity index (χ4v) is 2.20. The molecule has 2 rings (SSSR count). The molecule has 1 aromatic rings. The normalized spacial score (nSPS) is 25.1. The highest BCUT2D eigenvalue weighted by Gasteiger charge is 2.36. The Bertz CT molecular complexity index is 332. The highest BCUT2D eigenvalue weighted by Crippen LogP contribution is 2.41. The molecule has 1 aromatic carbocycles. The fourth-order valence-electron chi connectivity index (χ4n) is 2.20. The SMILES string of the molecule is Oc1ccc(C2CCCC(F)(F)C2)cc1. The van der Waals surface area contributed by atoms with Crippen LogP contribution in [0.5, 0.6) is 5.75 Å². The van der Waals surface area contributed by atoms with Gasteiger partial charge < -0.3 is 5.11 Å². The molecule has 15 heavy (non-hydrogen) atoms. The van der Waals surface area contributed by atoms with Crippen LogP contribution >= 0.6 is 0 Å². The Morgan fingerprint density at radius 3 is 2.47 bits per heavy atom. The molecule has 1 fully saturated rings. The van der Waals surface area contributed by atoms with Crippen LogP contribution in [0.25, 0.3) is 0 Å². The van der Waals surface area contributed by atoms with Gasteiger partial charge in [0.25, 0.3) is 0 Å². The number of halogens is 2. The second kappa shape index (κ2) is 3.80. The van der Waals surface area contributed by atoms with E-state index in [4.69, 9.17) is 5.11 Å². The smallest absolute Gasteiger partial charge is 0.248 e. The van der Waals surface area contributed by atoms with E-state index < -0.39 is 5.92 Å². The van der Waals surface area contributed by atoms with Gasteiger partial charge in [-0.15, -0.1) is 0 Å². The van der Waals surface area contributed by atoms with Crippen LogP contribution in [0.15, 0.2) is 24.3 Å². The summed E-state index contributed by atoms with van der Waals surface area (Å²) in [7, 11) is 0. The van der Waals surface area contributed by atoms with Gasteiger partial charge in [0.1, 0.15) is 5.75 Å². The topological polar surface area (TPSA) is 20.2 Å². The van der Waals surface area contributed by atoms with Crippen molar-refractivity contribution in [3.63, 3.8) is 0 Å². The summed E-state index contributed by atoms with van der Waals surface area (Å²) in [6, 6.07) is 6.59. The third-order valence-corrected chi connectivity index (χ3v) is 3.00. The van der Waals surface area contributed by atoms with Crippen molar-refractivity contribution >= 4 is 0 Å². The molecule has 0 amide bonds.